The molecule has 1 aliphatic rings. The van der Waals surface area contributed by atoms with Gasteiger partial charge in [0.1, 0.15) is 12.4 Å². The molecular weight excluding hydrogens is 416 g/mol. The number of morpholine rings is 1. The molecule has 8 heteroatoms. The number of benzene rings is 2. The molecule has 1 saturated heterocycles. The van der Waals surface area contributed by atoms with Crippen LogP contribution in [0.5, 0.6) is 5.75 Å². The fraction of sp³-hybridized carbons (Fsp3) is 0.250. The Morgan fingerprint density at radius 2 is 1.88 bits per heavy atom. The number of hydrogen-bond acceptors (Lipinski definition) is 5. The van der Waals surface area contributed by atoms with Gasteiger partial charge in [-0.1, -0.05) is 12.1 Å². The largest absolute Gasteiger partial charge is 0.488 e. The van der Waals surface area contributed by atoms with Gasteiger partial charge in [0.25, 0.3) is 5.91 Å². The van der Waals surface area contributed by atoms with Gasteiger partial charge >= 0.3 is 0 Å². The molecule has 3 aromatic rings. The molecule has 166 valence electrons. The zero-order valence-electron chi connectivity index (χ0n) is 17.4. The van der Waals surface area contributed by atoms with E-state index in [4.69, 9.17) is 9.47 Å². The zero-order valence-corrected chi connectivity index (χ0v) is 17.4. The number of anilines is 1. The lowest BCUT2D eigenvalue weighted by Gasteiger charge is -2.26. The topological polar surface area (TPSA) is 63.7 Å². The first-order valence-corrected chi connectivity index (χ1v) is 10.3. The van der Waals surface area contributed by atoms with E-state index in [1.54, 1.807) is 36.7 Å². The smallest absolute Gasteiger partial charge is 0.259 e. The fourth-order valence-corrected chi connectivity index (χ4v) is 3.42. The van der Waals surface area contributed by atoms with Gasteiger partial charge in [0.2, 0.25) is 0 Å². The van der Waals surface area contributed by atoms with Gasteiger partial charge in [0, 0.05) is 25.8 Å². The van der Waals surface area contributed by atoms with Crippen LogP contribution in [-0.2, 0) is 17.9 Å². The number of amides is 1. The van der Waals surface area contributed by atoms with E-state index in [1.165, 1.54) is 6.07 Å². The van der Waals surface area contributed by atoms with Crippen LogP contribution < -0.4 is 10.1 Å². The van der Waals surface area contributed by atoms with Crippen molar-refractivity contribution in [2.45, 2.75) is 13.2 Å². The van der Waals surface area contributed by atoms with Crippen molar-refractivity contribution in [1.29, 1.82) is 0 Å². The lowest BCUT2D eigenvalue weighted by molar-refractivity contribution is 0.0341. The summed E-state index contributed by atoms with van der Waals surface area (Å²) >= 11 is 0. The van der Waals surface area contributed by atoms with Crippen LogP contribution in [0.2, 0.25) is 0 Å². The summed E-state index contributed by atoms with van der Waals surface area (Å²) in [5.74, 6) is -1.86. The Kier molecular flexibility index (Phi) is 7.03. The van der Waals surface area contributed by atoms with Crippen molar-refractivity contribution in [1.82, 2.24) is 9.88 Å². The third-order valence-electron chi connectivity index (χ3n) is 5.10. The quantitative estimate of drug-likeness (QED) is 0.603. The summed E-state index contributed by atoms with van der Waals surface area (Å²) in [6.07, 6.45) is 3.17. The average Bonchev–Trinajstić information content (AvgIpc) is 2.81. The predicted molar refractivity (Wildman–Crippen MR) is 115 cm³/mol. The molecule has 2 aromatic carbocycles. The molecule has 32 heavy (non-hydrogen) atoms. The summed E-state index contributed by atoms with van der Waals surface area (Å²) < 4.78 is 37.9. The average molecular weight is 439 g/mol. The second-order valence-electron chi connectivity index (χ2n) is 7.45. The Labute approximate surface area is 184 Å². The number of ether oxygens (including phenoxy) is 2. The van der Waals surface area contributed by atoms with Crippen molar-refractivity contribution >= 4 is 11.6 Å². The number of hydrogen-bond donors (Lipinski definition) is 1. The highest BCUT2D eigenvalue weighted by Crippen LogP contribution is 2.24. The zero-order chi connectivity index (χ0) is 22.3. The Bertz CT molecular complexity index is 1070. The number of carbonyl (C=O) groups excluding carboxylic acids is 1. The van der Waals surface area contributed by atoms with Crippen LogP contribution >= 0.6 is 0 Å². The van der Waals surface area contributed by atoms with Crippen LogP contribution in [0.15, 0.2) is 60.9 Å². The van der Waals surface area contributed by atoms with Crippen molar-refractivity contribution in [3.05, 3.63) is 89.2 Å². The van der Waals surface area contributed by atoms with E-state index in [2.05, 4.69) is 15.2 Å². The number of pyridine rings is 1. The third kappa shape index (κ3) is 5.66. The van der Waals surface area contributed by atoms with Crippen LogP contribution in [0, 0.1) is 11.6 Å². The molecule has 1 amide bonds. The predicted octanol–water partition coefficient (Wildman–Crippen LogP) is 4.02. The summed E-state index contributed by atoms with van der Waals surface area (Å²) in [5.41, 5.74) is 2.33. The van der Waals surface area contributed by atoms with E-state index in [0.29, 0.717) is 42.3 Å². The van der Waals surface area contributed by atoms with Gasteiger partial charge in [-0.25, -0.2) is 8.78 Å². The maximum atomic E-state index is 13.5. The Morgan fingerprint density at radius 3 is 2.62 bits per heavy atom. The van der Waals surface area contributed by atoms with Gasteiger partial charge in [-0.3, -0.25) is 14.7 Å². The second kappa shape index (κ2) is 10.3. The Morgan fingerprint density at radius 1 is 1.06 bits per heavy atom. The molecule has 1 aromatic heterocycles. The maximum Gasteiger partial charge on any atom is 0.259 e. The molecule has 0 radical (unpaired) electrons. The number of nitrogens with one attached hydrogen (secondary N) is 1. The molecule has 1 N–H and O–H groups in total. The number of nitrogens with zero attached hydrogens (tertiary/aromatic N) is 2. The van der Waals surface area contributed by atoms with Crippen molar-refractivity contribution in [2.75, 3.05) is 31.6 Å². The van der Waals surface area contributed by atoms with Crippen LogP contribution in [0.1, 0.15) is 21.5 Å². The molecular formula is C24H23F2N3O3. The number of aromatic nitrogens is 1. The monoisotopic (exact) mass is 439 g/mol. The van der Waals surface area contributed by atoms with Crippen molar-refractivity contribution in [2.24, 2.45) is 0 Å². The second-order valence-corrected chi connectivity index (χ2v) is 7.45. The summed E-state index contributed by atoms with van der Waals surface area (Å²) in [6.45, 7) is 3.69. The van der Waals surface area contributed by atoms with E-state index in [0.717, 1.165) is 30.8 Å². The van der Waals surface area contributed by atoms with Gasteiger partial charge < -0.3 is 14.8 Å². The lowest BCUT2D eigenvalue weighted by Crippen LogP contribution is -2.35. The number of halogens is 2. The molecule has 0 bridgehead atoms. The maximum absolute atomic E-state index is 13.5. The first kappa shape index (κ1) is 21.9. The minimum Gasteiger partial charge on any atom is -0.488 e. The first-order valence-electron chi connectivity index (χ1n) is 10.3. The number of rotatable bonds is 7. The molecule has 0 unspecified atom stereocenters. The van der Waals surface area contributed by atoms with Gasteiger partial charge in [-0.2, -0.15) is 0 Å². The molecule has 4 rings (SSSR count). The molecule has 0 atom stereocenters. The van der Waals surface area contributed by atoms with E-state index in [-0.39, 0.29) is 12.5 Å². The third-order valence-corrected chi connectivity index (χ3v) is 5.10. The fourth-order valence-electron chi connectivity index (χ4n) is 3.42. The minimum absolute atomic E-state index is 0.00676. The van der Waals surface area contributed by atoms with Crippen LogP contribution in [0.4, 0.5) is 14.5 Å². The van der Waals surface area contributed by atoms with E-state index >= 15 is 0 Å². The summed E-state index contributed by atoms with van der Waals surface area (Å²) in [4.78, 5) is 19.3. The summed E-state index contributed by atoms with van der Waals surface area (Å²) in [5, 5.41) is 2.82. The SMILES string of the molecule is O=C(Nc1cccnc1)c1cc(CN2CCOCC2)ccc1OCc1ccc(F)c(F)c1. The van der Waals surface area contributed by atoms with Crippen molar-refractivity contribution in [3.63, 3.8) is 0 Å². The van der Waals surface area contributed by atoms with Gasteiger partial charge in [-0.15, -0.1) is 0 Å². The molecule has 0 aliphatic carbocycles. The first-order chi connectivity index (χ1) is 15.6. The molecule has 1 aliphatic heterocycles. The van der Waals surface area contributed by atoms with Crippen LogP contribution in [0.25, 0.3) is 0 Å². The normalized spacial score (nSPS) is 14.2. The van der Waals surface area contributed by atoms with Gasteiger partial charge in [0.05, 0.1) is 30.7 Å². The highest BCUT2D eigenvalue weighted by atomic mass is 19.2. The minimum atomic E-state index is -0.943. The standard InChI is InChI=1S/C24H23F2N3O3/c25-21-5-3-18(13-22(21)26)16-32-23-6-4-17(15-29-8-10-31-11-9-29)12-20(23)24(30)28-19-2-1-7-27-14-19/h1-7,12-14H,8-11,15-16H2,(H,28,30). The number of carbonyl (C=O) groups is 1. The molecule has 0 saturated carbocycles. The summed E-state index contributed by atoms with van der Waals surface area (Å²) in [6, 6.07) is 12.5. The lowest BCUT2D eigenvalue weighted by atomic mass is 10.1. The van der Waals surface area contributed by atoms with Crippen molar-refractivity contribution < 1.29 is 23.0 Å². The Balaban J connectivity index is 1.55. The molecule has 6 nitrogen and oxygen atoms in total. The Hall–Kier alpha value is -3.36. The van der Waals surface area contributed by atoms with Gasteiger partial charge in [-0.05, 0) is 47.5 Å². The van der Waals surface area contributed by atoms with E-state index < -0.39 is 11.6 Å². The van der Waals surface area contributed by atoms with Crippen LogP contribution in [0.3, 0.4) is 0 Å². The molecule has 2 heterocycles. The highest BCUT2D eigenvalue weighted by Gasteiger charge is 2.17. The van der Waals surface area contributed by atoms with Crippen molar-refractivity contribution in [3.8, 4) is 5.75 Å². The van der Waals surface area contributed by atoms with Crippen LogP contribution in [-0.4, -0.2) is 42.1 Å². The molecule has 1 fully saturated rings. The summed E-state index contributed by atoms with van der Waals surface area (Å²) in [7, 11) is 0. The van der Waals surface area contributed by atoms with Gasteiger partial charge in [0.15, 0.2) is 11.6 Å². The van der Waals surface area contributed by atoms with E-state index in [9.17, 15) is 13.6 Å². The molecule has 0 spiro atoms. The van der Waals surface area contributed by atoms with E-state index in [1.807, 2.05) is 6.07 Å². The highest BCUT2D eigenvalue weighted by molar-refractivity contribution is 6.06.